The summed E-state index contributed by atoms with van der Waals surface area (Å²) in [6, 6.07) is 0. The standard InChI is InChI=1S/C24H40O7S/c1-14(4-7-21(26)27)17-5-6-18-22-19(9-11-24(17,18)3)23(2)10-8-16(31-32(28,29)30)12-15(23)13-20(22)25/h14-20,22,25H,4-13H2,1-3H3,(H,26,27)(H,28,29,30)/t14-,15+,16-,17-,18+,19+,20-,22+,23+,24-/m1/s1/i8D2,12D2. The summed E-state index contributed by atoms with van der Waals surface area (Å²) < 4.78 is 71.5. The molecule has 0 aromatic carbocycles. The van der Waals surface area contributed by atoms with E-state index in [4.69, 9.17) is 10.6 Å². The normalized spacial score (nSPS) is 52.2. The lowest BCUT2D eigenvalue weighted by Gasteiger charge is -2.62. The van der Waals surface area contributed by atoms with Crippen LogP contribution in [0.15, 0.2) is 0 Å². The van der Waals surface area contributed by atoms with Crippen LogP contribution in [-0.2, 0) is 19.4 Å². The minimum Gasteiger partial charge on any atom is -0.481 e. The molecule has 4 aliphatic rings. The zero-order valence-electron chi connectivity index (χ0n) is 23.2. The van der Waals surface area contributed by atoms with E-state index >= 15 is 0 Å². The van der Waals surface area contributed by atoms with Crippen molar-refractivity contribution in [2.75, 3.05) is 0 Å². The Bertz CT molecular complexity index is 991. The maximum Gasteiger partial charge on any atom is 0.397 e. The van der Waals surface area contributed by atoms with Crippen molar-refractivity contribution in [2.24, 2.45) is 46.3 Å². The Balaban J connectivity index is 1.65. The third-order valence-electron chi connectivity index (χ3n) is 9.71. The van der Waals surface area contributed by atoms with Crippen LogP contribution >= 0.6 is 0 Å². The molecule has 0 radical (unpaired) electrons. The topological polar surface area (TPSA) is 121 Å². The Hall–Kier alpha value is -0.700. The fraction of sp³-hybridized carbons (Fsp3) is 0.958. The first kappa shape index (κ1) is 19.6. The molecule has 0 aliphatic heterocycles. The first-order valence-electron chi connectivity index (χ1n) is 13.9. The van der Waals surface area contributed by atoms with Crippen molar-refractivity contribution in [3.05, 3.63) is 0 Å². The molecule has 3 N–H and O–H groups in total. The van der Waals surface area contributed by atoms with E-state index in [0.717, 1.165) is 19.3 Å². The van der Waals surface area contributed by atoms with Gasteiger partial charge in [-0.1, -0.05) is 20.8 Å². The lowest BCUT2D eigenvalue weighted by atomic mass is 9.43. The predicted molar refractivity (Wildman–Crippen MR) is 119 cm³/mol. The maximum atomic E-state index is 11.5. The molecule has 0 unspecified atom stereocenters. The van der Waals surface area contributed by atoms with Gasteiger partial charge in [-0.15, -0.1) is 0 Å². The Morgan fingerprint density at radius 2 is 1.88 bits per heavy atom. The number of rotatable bonds is 6. The van der Waals surface area contributed by atoms with Crippen molar-refractivity contribution in [1.29, 1.82) is 0 Å². The van der Waals surface area contributed by atoms with E-state index in [9.17, 15) is 22.9 Å². The van der Waals surface area contributed by atoms with Crippen molar-refractivity contribution < 1.29 is 37.6 Å². The molecule has 184 valence electrons. The van der Waals surface area contributed by atoms with Crippen LogP contribution < -0.4 is 0 Å². The average Bonchev–Trinajstić information content (AvgIpc) is 3.07. The second-order valence-corrected chi connectivity index (χ2v) is 12.3. The van der Waals surface area contributed by atoms with Gasteiger partial charge in [-0.3, -0.25) is 9.35 Å². The molecule has 0 amide bonds. The summed E-state index contributed by atoms with van der Waals surface area (Å²) in [5.74, 6) is -1.19. The molecule has 0 spiro atoms. The van der Waals surface area contributed by atoms with Gasteiger partial charge in [0.2, 0.25) is 0 Å². The molecule has 4 aliphatic carbocycles. The highest BCUT2D eigenvalue weighted by Gasteiger charge is 2.63. The average molecular weight is 477 g/mol. The van der Waals surface area contributed by atoms with Crippen LogP contribution in [0.25, 0.3) is 0 Å². The van der Waals surface area contributed by atoms with Crippen molar-refractivity contribution in [1.82, 2.24) is 0 Å². The van der Waals surface area contributed by atoms with E-state index < -0.39 is 52.7 Å². The minimum atomic E-state index is -5.08. The lowest BCUT2D eigenvalue weighted by Crippen LogP contribution is -2.58. The van der Waals surface area contributed by atoms with Crippen LogP contribution in [0, 0.1) is 46.3 Å². The highest BCUT2D eigenvalue weighted by Crippen LogP contribution is 2.68. The quantitative estimate of drug-likeness (QED) is 0.489. The van der Waals surface area contributed by atoms with Gasteiger partial charge in [-0.25, -0.2) is 4.18 Å². The molecule has 8 heteroatoms. The van der Waals surface area contributed by atoms with Gasteiger partial charge in [0, 0.05) is 11.9 Å². The highest BCUT2D eigenvalue weighted by molar-refractivity contribution is 7.80. The van der Waals surface area contributed by atoms with E-state index in [0.29, 0.717) is 18.8 Å². The number of aliphatic carboxylic acids is 1. The number of carbonyl (C=O) groups is 1. The molecule has 7 nitrogen and oxygen atoms in total. The monoisotopic (exact) mass is 476 g/mol. The van der Waals surface area contributed by atoms with Gasteiger partial charge in [-0.05, 0) is 104 Å². The van der Waals surface area contributed by atoms with Crippen LogP contribution in [0.1, 0.15) is 90.4 Å². The third kappa shape index (κ3) is 4.25. The summed E-state index contributed by atoms with van der Waals surface area (Å²) in [5, 5.41) is 20.6. The summed E-state index contributed by atoms with van der Waals surface area (Å²) in [6.45, 7) is 6.24. The minimum absolute atomic E-state index is 0.0674. The van der Waals surface area contributed by atoms with Gasteiger partial charge >= 0.3 is 16.4 Å². The van der Waals surface area contributed by atoms with E-state index in [-0.39, 0.29) is 48.3 Å². The van der Waals surface area contributed by atoms with Gasteiger partial charge in [0.15, 0.2) is 0 Å². The fourth-order valence-corrected chi connectivity index (χ4v) is 8.57. The maximum absolute atomic E-state index is 11.5. The van der Waals surface area contributed by atoms with Gasteiger partial charge in [-0.2, -0.15) is 8.42 Å². The van der Waals surface area contributed by atoms with Crippen LogP contribution in [0.5, 0.6) is 0 Å². The number of hydrogen-bond donors (Lipinski definition) is 3. The zero-order chi connectivity index (χ0) is 27.1. The summed E-state index contributed by atoms with van der Waals surface area (Å²) >= 11 is 0. The zero-order valence-corrected chi connectivity index (χ0v) is 20.0. The molecule has 0 saturated heterocycles. The SMILES string of the molecule is [2H]C1([2H])C[C@@]2(C)[C@H](C[C@@H](O)[C@@H]3[C@@H]2CC[C@]2(C)[C@@H]([C@H](C)CCC(=O)O)CC[C@@H]32)C([2H])([2H])[C@@H]1OS(=O)(=O)O. The Kier molecular flexibility index (Phi) is 5.21. The van der Waals surface area contributed by atoms with Crippen molar-refractivity contribution >= 4 is 16.4 Å². The van der Waals surface area contributed by atoms with E-state index in [1.807, 2.05) is 6.92 Å². The van der Waals surface area contributed by atoms with Crippen molar-refractivity contribution in [2.45, 2.75) is 97.1 Å². The number of carboxylic acid groups (broad SMARTS) is 1. The van der Waals surface area contributed by atoms with Crippen molar-refractivity contribution in [3.63, 3.8) is 0 Å². The number of aliphatic hydroxyl groups is 1. The highest BCUT2D eigenvalue weighted by atomic mass is 32.3. The molecular formula is C24H40O7S. The number of fused-ring (bicyclic) bond motifs is 5. The summed E-state index contributed by atoms with van der Waals surface area (Å²) in [6.07, 6.45) is -3.55. The number of aliphatic hydroxyl groups excluding tert-OH is 1. The summed E-state index contributed by atoms with van der Waals surface area (Å²) in [4.78, 5) is 11.1. The molecular weight excluding hydrogens is 432 g/mol. The third-order valence-corrected chi connectivity index (χ3v) is 10.1. The molecule has 4 saturated carbocycles. The molecule has 4 fully saturated rings. The molecule has 0 aromatic heterocycles. The Labute approximate surface area is 197 Å². The molecule has 10 atom stereocenters. The predicted octanol–water partition coefficient (Wildman–Crippen LogP) is 4.31. The van der Waals surface area contributed by atoms with E-state index in [1.165, 1.54) is 0 Å². The Morgan fingerprint density at radius 1 is 1.19 bits per heavy atom. The second kappa shape index (κ2) is 8.51. The smallest absolute Gasteiger partial charge is 0.397 e. The van der Waals surface area contributed by atoms with Gasteiger partial charge < -0.3 is 10.2 Å². The van der Waals surface area contributed by atoms with Crippen LogP contribution in [0.3, 0.4) is 0 Å². The van der Waals surface area contributed by atoms with Crippen LogP contribution in [0.2, 0.25) is 0 Å². The lowest BCUT2D eigenvalue weighted by molar-refractivity contribution is -0.172. The molecule has 0 bridgehead atoms. The first-order valence-corrected chi connectivity index (χ1v) is 13.3. The second-order valence-electron chi connectivity index (χ2n) is 11.2. The molecule has 4 rings (SSSR count). The molecule has 0 aromatic rings. The van der Waals surface area contributed by atoms with E-state index in [1.54, 1.807) is 0 Å². The largest absolute Gasteiger partial charge is 0.481 e. The number of carboxylic acids is 1. The van der Waals surface area contributed by atoms with Gasteiger partial charge in [0.25, 0.3) is 0 Å². The Morgan fingerprint density at radius 3 is 2.53 bits per heavy atom. The van der Waals surface area contributed by atoms with Gasteiger partial charge in [0.05, 0.1) is 12.2 Å². The van der Waals surface area contributed by atoms with Crippen molar-refractivity contribution in [3.8, 4) is 0 Å². The first-order chi connectivity index (χ1) is 16.3. The molecule has 0 heterocycles. The van der Waals surface area contributed by atoms with Crippen LogP contribution in [-0.4, -0.2) is 41.4 Å². The number of hydrogen-bond acceptors (Lipinski definition) is 5. The summed E-state index contributed by atoms with van der Waals surface area (Å²) in [7, 11) is -5.08. The van der Waals surface area contributed by atoms with Crippen LogP contribution in [0.4, 0.5) is 0 Å². The molecule has 32 heavy (non-hydrogen) atoms. The fourth-order valence-electron chi connectivity index (χ4n) is 8.20. The van der Waals surface area contributed by atoms with Gasteiger partial charge in [0.1, 0.15) is 0 Å². The van der Waals surface area contributed by atoms with E-state index in [2.05, 4.69) is 18.0 Å². The summed E-state index contributed by atoms with van der Waals surface area (Å²) in [5.41, 5.74) is -0.906.